The number of fused-ring (bicyclic) bond motifs is 1. The molecular weight excluding hydrogens is 186 g/mol. The van der Waals surface area contributed by atoms with Crippen LogP contribution in [-0.2, 0) is 5.41 Å². The average molecular weight is 200 g/mol. The van der Waals surface area contributed by atoms with E-state index < -0.39 is 0 Å². The van der Waals surface area contributed by atoms with Gasteiger partial charge in [-0.25, -0.2) is 0 Å². The van der Waals surface area contributed by atoms with Gasteiger partial charge in [0, 0.05) is 0 Å². The first kappa shape index (κ1) is 8.89. The lowest BCUT2D eigenvalue weighted by Gasteiger charge is -2.25. The fraction of sp³-hybridized carbons (Fsp3) is 0.500. The van der Waals surface area contributed by atoms with E-state index in [0.29, 0.717) is 5.41 Å². The smallest absolute Gasteiger partial charge is 0.119 e. The standard InChI is InChI=1S/C12H14N3/c1-12(7-2-3-8-12)9-5-4-6-10-11(9)14-15-13-10/h4-6H,2-3,7-8H2,1H3. The molecule has 2 aliphatic rings. The summed E-state index contributed by atoms with van der Waals surface area (Å²) in [5.41, 5.74) is 7.59. The Bertz CT molecular complexity index is 417. The van der Waals surface area contributed by atoms with Crippen LogP contribution in [0.2, 0.25) is 0 Å². The van der Waals surface area contributed by atoms with Crippen molar-refractivity contribution in [3.05, 3.63) is 23.8 Å². The second-order valence-corrected chi connectivity index (χ2v) is 4.73. The van der Waals surface area contributed by atoms with E-state index in [9.17, 15) is 0 Å². The van der Waals surface area contributed by atoms with Gasteiger partial charge in [0.1, 0.15) is 11.4 Å². The van der Waals surface area contributed by atoms with Crippen molar-refractivity contribution in [2.75, 3.05) is 0 Å². The summed E-state index contributed by atoms with van der Waals surface area (Å²) in [5.74, 6) is 0. The number of nitrogens with zero attached hydrogens (tertiary/aromatic N) is 3. The number of benzene rings is 1. The van der Waals surface area contributed by atoms with E-state index in [0.717, 1.165) is 11.4 Å². The lowest BCUT2D eigenvalue weighted by Crippen LogP contribution is -2.16. The van der Waals surface area contributed by atoms with E-state index in [-0.39, 0.29) is 0 Å². The van der Waals surface area contributed by atoms with Gasteiger partial charge in [-0.15, -0.1) is 10.5 Å². The first-order chi connectivity index (χ1) is 7.30. The summed E-state index contributed by atoms with van der Waals surface area (Å²) in [4.78, 5) is 0. The van der Waals surface area contributed by atoms with Gasteiger partial charge in [0.2, 0.25) is 0 Å². The van der Waals surface area contributed by atoms with Crippen molar-refractivity contribution in [3.63, 3.8) is 0 Å². The Balaban J connectivity index is 2.12. The maximum absolute atomic E-state index is 4.15. The first-order valence-corrected chi connectivity index (χ1v) is 5.55. The molecule has 0 amide bonds. The SMILES string of the molecule is CC1(c2cccc3c2N=N[N]3)CCCC1. The van der Waals surface area contributed by atoms with Crippen molar-refractivity contribution < 1.29 is 0 Å². The summed E-state index contributed by atoms with van der Waals surface area (Å²) in [7, 11) is 0. The molecule has 1 radical (unpaired) electrons. The molecule has 0 unspecified atom stereocenters. The molecule has 15 heavy (non-hydrogen) atoms. The summed E-state index contributed by atoms with van der Waals surface area (Å²) < 4.78 is 0. The maximum atomic E-state index is 4.15. The molecular formula is C12H14N3. The van der Waals surface area contributed by atoms with Gasteiger partial charge in [0.25, 0.3) is 0 Å². The fourth-order valence-corrected chi connectivity index (χ4v) is 2.74. The molecule has 1 fully saturated rings. The van der Waals surface area contributed by atoms with E-state index in [1.54, 1.807) is 0 Å². The molecule has 77 valence electrons. The van der Waals surface area contributed by atoms with Crippen LogP contribution in [-0.4, -0.2) is 0 Å². The van der Waals surface area contributed by atoms with Gasteiger partial charge in [0.05, 0.1) is 0 Å². The number of hydrogen-bond donors (Lipinski definition) is 0. The van der Waals surface area contributed by atoms with E-state index in [2.05, 4.69) is 34.8 Å². The Kier molecular flexibility index (Phi) is 1.81. The highest BCUT2D eigenvalue weighted by molar-refractivity contribution is 5.68. The minimum absolute atomic E-state index is 0.296. The Hall–Kier alpha value is -1.38. The fourth-order valence-electron chi connectivity index (χ4n) is 2.74. The summed E-state index contributed by atoms with van der Waals surface area (Å²) in [6.07, 6.45) is 5.18. The third-order valence-electron chi connectivity index (χ3n) is 3.67. The van der Waals surface area contributed by atoms with Crippen molar-refractivity contribution in [3.8, 4) is 0 Å². The maximum Gasteiger partial charge on any atom is 0.119 e. The monoisotopic (exact) mass is 200 g/mol. The van der Waals surface area contributed by atoms with Crippen LogP contribution in [0.5, 0.6) is 0 Å². The Morgan fingerprint density at radius 3 is 2.80 bits per heavy atom. The first-order valence-electron chi connectivity index (χ1n) is 5.55. The predicted octanol–water partition coefficient (Wildman–Crippen LogP) is 3.77. The zero-order valence-electron chi connectivity index (χ0n) is 8.90. The topological polar surface area (TPSA) is 38.8 Å². The van der Waals surface area contributed by atoms with E-state index in [4.69, 9.17) is 0 Å². The minimum Gasteiger partial charge on any atom is -0.128 e. The molecule has 1 aromatic carbocycles. The molecule has 3 heteroatoms. The summed E-state index contributed by atoms with van der Waals surface area (Å²) in [6, 6.07) is 6.23. The molecule has 0 atom stereocenters. The second kappa shape index (κ2) is 3.05. The van der Waals surface area contributed by atoms with E-state index in [1.807, 2.05) is 6.07 Å². The van der Waals surface area contributed by atoms with Gasteiger partial charge in [-0.3, -0.25) is 0 Å². The van der Waals surface area contributed by atoms with Gasteiger partial charge in [0.15, 0.2) is 0 Å². The van der Waals surface area contributed by atoms with Crippen LogP contribution in [0, 0.1) is 0 Å². The van der Waals surface area contributed by atoms with Crippen LogP contribution in [0.1, 0.15) is 38.2 Å². The van der Waals surface area contributed by atoms with Crippen molar-refractivity contribution in [2.24, 2.45) is 10.3 Å². The minimum atomic E-state index is 0.296. The van der Waals surface area contributed by atoms with E-state index >= 15 is 0 Å². The number of hydrogen-bond acceptors (Lipinski definition) is 2. The van der Waals surface area contributed by atoms with Crippen LogP contribution in [0.3, 0.4) is 0 Å². The van der Waals surface area contributed by atoms with Gasteiger partial charge in [-0.2, -0.15) is 0 Å². The normalized spacial score (nSPS) is 21.4. The van der Waals surface area contributed by atoms with E-state index in [1.165, 1.54) is 31.2 Å². The Morgan fingerprint density at radius 1 is 1.20 bits per heavy atom. The lowest BCUT2D eigenvalue weighted by atomic mass is 9.80. The molecule has 1 aliphatic carbocycles. The van der Waals surface area contributed by atoms with Crippen molar-refractivity contribution in [1.82, 2.24) is 5.43 Å². The van der Waals surface area contributed by atoms with Gasteiger partial charge >= 0.3 is 0 Å². The summed E-state index contributed by atoms with van der Waals surface area (Å²) in [5, 5.41) is 7.91. The molecule has 1 aliphatic heterocycles. The van der Waals surface area contributed by atoms with Crippen molar-refractivity contribution in [1.29, 1.82) is 0 Å². The Morgan fingerprint density at radius 2 is 2.00 bits per heavy atom. The molecule has 1 heterocycles. The second-order valence-electron chi connectivity index (χ2n) is 4.73. The zero-order valence-corrected chi connectivity index (χ0v) is 8.90. The van der Waals surface area contributed by atoms with Crippen LogP contribution in [0.4, 0.5) is 11.4 Å². The quantitative estimate of drug-likeness (QED) is 0.662. The van der Waals surface area contributed by atoms with Crippen LogP contribution < -0.4 is 5.43 Å². The van der Waals surface area contributed by atoms with Crippen LogP contribution in [0.15, 0.2) is 28.5 Å². The molecule has 0 aromatic heterocycles. The van der Waals surface area contributed by atoms with Gasteiger partial charge in [-0.1, -0.05) is 31.9 Å². The molecule has 1 aromatic rings. The zero-order chi connectivity index (χ0) is 10.3. The highest BCUT2D eigenvalue weighted by Crippen LogP contribution is 2.47. The van der Waals surface area contributed by atoms with Crippen LogP contribution >= 0.6 is 0 Å². The third-order valence-corrected chi connectivity index (χ3v) is 3.67. The van der Waals surface area contributed by atoms with Crippen LogP contribution in [0.25, 0.3) is 0 Å². The largest absolute Gasteiger partial charge is 0.128 e. The molecule has 3 rings (SSSR count). The van der Waals surface area contributed by atoms with Gasteiger partial charge < -0.3 is 0 Å². The molecule has 0 N–H and O–H groups in total. The van der Waals surface area contributed by atoms with Crippen molar-refractivity contribution >= 4 is 11.4 Å². The highest BCUT2D eigenvalue weighted by atomic mass is 15.5. The average Bonchev–Trinajstić information content (AvgIpc) is 2.85. The number of rotatable bonds is 1. The third kappa shape index (κ3) is 1.26. The molecule has 3 nitrogen and oxygen atoms in total. The summed E-state index contributed by atoms with van der Waals surface area (Å²) in [6.45, 7) is 2.34. The Labute approximate surface area is 89.6 Å². The predicted molar refractivity (Wildman–Crippen MR) is 58.6 cm³/mol. The molecule has 0 spiro atoms. The highest BCUT2D eigenvalue weighted by Gasteiger charge is 2.34. The molecule has 0 saturated heterocycles. The molecule has 0 bridgehead atoms. The lowest BCUT2D eigenvalue weighted by molar-refractivity contribution is 0.492. The van der Waals surface area contributed by atoms with Gasteiger partial charge in [-0.05, 0) is 35.1 Å². The molecule has 1 saturated carbocycles. The van der Waals surface area contributed by atoms with Crippen molar-refractivity contribution in [2.45, 2.75) is 38.0 Å². The summed E-state index contributed by atoms with van der Waals surface area (Å²) >= 11 is 0.